The Bertz CT molecular complexity index is 851. The number of rotatable bonds is 5. The summed E-state index contributed by atoms with van der Waals surface area (Å²) in [6, 6.07) is 6.51. The molecular formula is C16H13Cl2N5O. The standard InChI is InChI=1S/C16H13Cl2N5O/c17-12-3-2-11(10-13(12)18)16(24)22-7-9-23-8-6-21-15(23)14-19-4-1-5-20-14/h1-6,8,10H,7,9H2,(H,22,24). The molecule has 0 saturated carbocycles. The van der Waals surface area contributed by atoms with Gasteiger partial charge in [0, 0.05) is 43.4 Å². The Morgan fingerprint density at radius 3 is 2.62 bits per heavy atom. The summed E-state index contributed by atoms with van der Waals surface area (Å²) >= 11 is 11.8. The van der Waals surface area contributed by atoms with E-state index < -0.39 is 0 Å². The van der Waals surface area contributed by atoms with Crippen LogP contribution in [0.2, 0.25) is 10.0 Å². The molecule has 1 amide bonds. The number of aromatic nitrogens is 4. The summed E-state index contributed by atoms with van der Waals surface area (Å²) in [5.41, 5.74) is 0.460. The average molecular weight is 362 g/mol. The molecular weight excluding hydrogens is 349 g/mol. The van der Waals surface area contributed by atoms with E-state index in [4.69, 9.17) is 23.2 Å². The number of nitrogens with zero attached hydrogens (tertiary/aromatic N) is 4. The lowest BCUT2D eigenvalue weighted by Crippen LogP contribution is -2.27. The Morgan fingerprint density at radius 2 is 1.88 bits per heavy atom. The molecule has 0 aliphatic carbocycles. The third-order valence-electron chi connectivity index (χ3n) is 3.30. The summed E-state index contributed by atoms with van der Waals surface area (Å²) in [4.78, 5) is 24.7. The van der Waals surface area contributed by atoms with E-state index >= 15 is 0 Å². The van der Waals surface area contributed by atoms with Crippen LogP contribution in [0.5, 0.6) is 0 Å². The van der Waals surface area contributed by atoms with Crippen molar-refractivity contribution >= 4 is 29.1 Å². The number of hydrogen-bond donors (Lipinski definition) is 1. The second kappa shape index (κ2) is 7.42. The molecule has 3 rings (SSSR count). The third kappa shape index (κ3) is 3.72. The summed E-state index contributed by atoms with van der Waals surface area (Å²) in [6.07, 6.45) is 6.81. The van der Waals surface area contributed by atoms with E-state index in [0.717, 1.165) is 0 Å². The lowest BCUT2D eigenvalue weighted by Gasteiger charge is -2.09. The second-order valence-corrected chi connectivity index (χ2v) is 5.72. The van der Waals surface area contributed by atoms with Gasteiger partial charge in [-0.05, 0) is 24.3 Å². The largest absolute Gasteiger partial charge is 0.350 e. The highest BCUT2D eigenvalue weighted by Crippen LogP contribution is 2.22. The SMILES string of the molecule is O=C(NCCn1ccnc1-c1ncccn1)c1ccc(Cl)c(Cl)c1. The molecule has 0 bridgehead atoms. The van der Waals surface area contributed by atoms with Crippen LogP contribution in [-0.2, 0) is 6.54 Å². The maximum Gasteiger partial charge on any atom is 0.251 e. The molecule has 2 heterocycles. The van der Waals surface area contributed by atoms with Crippen molar-refractivity contribution in [3.63, 3.8) is 0 Å². The van der Waals surface area contributed by atoms with E-state index in [1.54, 1.807) is 42.9 Å². The number of carbonyl (C=O) groups is 1. The monoisotopic (exact) mass is 361 g/mol. The zero-order valence-corrected chi connectivity index (χ0v) is 14.0. The molecule has 0 atom stereocenters. The third-order valence-corrected chi connectivity index (χ3v) is 4.04. The summed E-state index contributed by atoms with van der Waals surface area (Å²) in [5.74, 6) is 0.976. The van der Waals surface area contributed by atoms with Gasteiger partial charge in [0.25, 0.3) is 5.91 Å². The number of amides is 1. The van der Waals surface area contributed by atoms with Crippen molar-refractivity contribution in [1.29, 1.82) is 0 Å². The molecule has 8 heteroatoms. The van der Waals surface area contributed by atoms with E-state index in [1.165, 1.54) is 0 Å². The molecule has 6 nitrogen and oxygen atoms in total. The Morgan fingerprint density at radius 1 is 1.08 bits per heavy atom. The van der Waals surface area contributed by atoms with Gasteiger partial charge in [-0.1, -0.05) is 23.2 Å². The first-order valence-electron chi connectivity index (χ1n) is 7.17. The predicted octanol–water partition coefficient (Wildman–Crippen LogP) is 3.08. The van der Waals surface area contributed by atoms with Crippen LogP contribution in [0.4, 0.5) is 0 Å². The topological polar surface area (TPSA) is 72.7 Å². The minimum atomic E-state index is -0.216. The lowest BCUT2D eigenvalue weighted by molar-refractivity contribution is 0.0952. The van der Waals surface area contributed by atoms with Gasteiger partial charge in [-0.25, -0.2) is 15.0 Å². The fraction of sp³-hybridized carbons (Fsp3) is 0.125. The Labute approximate surface area is 148 Å². The van der Waals surface area contributed by atoms with Crippen LogP contribution in [0.25, 0.3) is 11.6 Å². The first kappa shape index (κ1) is 16.4. The minimum Gasteiger partial charge on any atom is -0.350 e. The maximum absolute atomic E-state index is 12.1. The van der Waals surface area contributed by atoms with Crippen molar-refractivity contribution < 1.29 is 4.79 Å². The highest BCUT2D eigenvalue weighted by molar-refractivity contribution is 6.42. The summed E-state index contributed by atoms with van der Waals surface area (Å²) in [6.45, 7) is 0.968. The van der Waals surface area contributed by atoms with E-state index in [0.29, 0.717) is 40.3 Å². The van der Waals surface area contributed by atoms with E-state index in [-0.39, 0.29) is 5.91 Å². The number of nitrogens with one attached hydrogen (secondary N) is 1. The van der Waals surface area contributed by atoms with Crippen LogP contribution < -0.4 is 5.32 Å². The highest BCUT2D eigenvalue weighted by atomic mass is 35.5. The molecule has 2 aromatic heterocycles. The van der Waals surface area contributed by atoms with Gasteiger partial charge >= 0.3 is 0 Å². The molecule has 3 aromatic rings. The van der Waals surface area contributed by atoms with Crippen molar-refractivity contribution in [1.82, 2.24) is 24.8 Å². The minimum absolute atomic E-state index is 0.216. The molecule has 0 spiro atoms. The Kier molecular flexibility index (Phi) is 5.08. The molecule has 1 N–H and O–H groups in total. The predicted molar refractivity (Wildman–Crippen MR) is 92.0 cm³/mol. The molecule has 0 saturated heterocycles. The number of carbonyl (C=O) groups excluding carboxylic acids is 1. The van der Waals surface area contributed by atoms with Gasteiger partial charge in [0.2, 0.25) is 0 Å². The summed E-state index contributed by atoms with van der Waals surface area (Å²) < 4.78 is 1.88. The smallest absolute Gasteiger partial charge is 0.251 e. The van der Waals surface area contributed by atoms with E-state index in [2.05, 4.69) is 20.3 Å². The van der Waals surface area contributed by atoms with Gasteiger partial charge in [-0.15, -0.1) is 0 Å². The number of halogens is 2. The zero-order valence-electron chi connectivity index (χ0n) is 12.5. The van der Waals surface area contributed by atoms with Crippen molar-refractivity contribution in [2.24, 2.45) is 0 Å². The van der Waals surface area contributed by atoms with Gasteiger partial charge in [0.05, 0.1) is 10.0 Å². The Balaban J connectivity index is 1.62. The second-order valence-electron chi connectivity index (χ2n) is 4.90. The Hall–Kier alpha value is -2.44. The molecule has 0 unspecified atom stereocenters. The van der Waals surface area contributed by atoms with Crippen LogP contribution >= 0.6 is 23.2 Å². The van der Waals surface area contributed by atoms with Gasteiger partial charge in [0.15, 0.2) is 11.6 Å². The van der Waals surface area contributed by atoms with E-state index in [9.17, 15) is 4.79 Å². The first-order valence-corrected chi connectivity index (χ1v) is 7.92. The first-order chi connectivity index (χ1) is 11.6. The molecule has 0 aliphatic heterocycles. The number of benzene rings is 1. The van der Waals surface area contributed by atoms with Gasteiger partial charge < -0.3 is 9.88 Å². The highest BCUT2D eigenvalue weighted by Gasteiger charge is 2.10. The molecule has 24 heavy (non-hydrogen) atoms. The van der Waals surface area contributed by atoms with Crippen molar-refractivity contribution in [3.05, 3.63) is 64.7 Å². The quantitative estimate of drug-likeness (QED) is 0.757. The molecule has 122 valence electrons. The average Bonchev–Trinajstić information content (AvgIpc) is 3.06. The summed E-state index contributed by atoms with van der Waals surface area (Å²) in [7, 11) is 0. The number of imidazole rings is 1. The maximum atomic E-state index is 12.1. The fourth-order valence-electron chi connectivity index (χ4n) is 2.14. The molecule has 0 fully saturated rings. The lowest BCUT2D eigenvalue weighted by atomic mass is 10.2. The van der Waals surface area contributed by atoms with Crippen LogP contribution in [0.15, 0.2) is 49.1 Å². The van der Waals surface area contributed by atoms with Crippen LogP contribution in [-0.4, -0.2) is 32.0 Å². The zero-order chi connectivity index (χ0) is 16.9. The van der Waals surface area contributed by atoms with Crippen molar-refractivity contribution in [2.45, 2.75) is 6.54 Å². The number of hydrogen-bond acceptors (Lipinski definition) is 4. The normalized spacial score (nSPS) is 10.6. The fourth-order valence-corrected chi connectivity index (χ4v) is 2.44. The molecule has 0 aliphatic rings. The van der Waals surface area contributed by atoms with E-state index in [1.807, 2.05) is 10.8 Å². The summed E-state index contributed by atoms with van der Waals surface area (Å²) in [5, 5.41) is 3.60. The van der Waals surface area contributed by atoms with Gasteiger partial charge in [0.1, 0.15) is 0 Å². The molecule has 0 radical (unpaired) electrons. The molecule has 1 aromatic carbocycles. The van der Waals surface area contributed by atoms with Gasteiger partial charge in [-0.3, -0.25) is 4.79 Å². The van der Waals surface area contributed by atoms with Crippen molar-refractivity contribution in [2.75, 3.05) is 6.54 Å². The van der Waals surface area contributed by atoms with Gasteiger partial charge in [-0.2, -0.15) is 0 Å². The van der Waals surface area contributed by atoms with Crippen LogP contribution in [0.1, 0.15) is 10.4 Å². The van der Waals surface area contributed by atoms with Crippen LogP contribution in [0.3, 0.4) is 0 Å². The van der Waals surface area contributed by atoms with Crippen LogP contribution in [0, 0.1) is 0 Å². The van der Waals surface area contributed by atoms with Crippen molar-refractivity contribution in [3.8, 4) is 11.6 Å².